The zero-order valence-electron chi connectivity index (χ0n) is 36.0. The van der Waals surface area contributed by atoms with Crippen molar-refractivity contribution in [1.82, 2.24) is 15.0 Å². The van der Waals surface area contributed by atoms with Crippen LogP contribution in [0.1, 0.15) is 25.0 Å². The molecular weight excluding hydrogens is 793 g/mol. The van der Waals surface area contributed by atoms with Crippen molar-refractivity contribution in [2.45, 2.75) is 19.3 Å². The molecule has 0 bridgehead atoms. The van der Waals surface area contributed by atoms with Crippen molar-refractivity contribution < 1.29 is 4.42 Å². The van der Waals surface area contributed by atoms with Crippen LogP contribution in [0.5, 0.6) is 0 Å². The van der Waals surface area contributed by atoms with Crippen LogP contribution in [0.3, 0.4) is 0 Å². The number of aromatic nitrogens is 3. The zero-order chi connectivity index (χ0) is 43.5. The summed E-state index contributed by atoms with van der Waals surface area (Å²) in [5, 5.41) is 1.94. The lowest BCUT2D eigenvalue weighted by atomic mass is 9.82. The maximum atomic E-state index is 6.81. The van der Waals surface area contributed by atoms with Gasteiger partial charge in [0.2, 0.25) is 0 Å². The summed E-state index contributed by atoms with van der Waals surface area (Å²) in [5.41, 5.74) is 17.1. The molecule has 65 heavy (non-hydrogen) atoms. The first-order valence-corrected chi connectivity index (χ1v) is 22.1. The third kappa shape index (κ3) is 6.68. The molecule has 2 heterocycles. The van der Waals surface area contributed by atoms with E-state index in [9.17, 15) is 0 Å². The lowest BCUT2D eigenvalue weighted by Crippen LogP contribution is -2.16. The summed E-state index contributed by atoms with van der Waals surface area (Å²) >= 11 is 0. The van der Waals surface area contributed by atoms with Gasteiger partial charge in [-0.15, -0.1) is 0 Å². The molecule has 0 fully saturated rings. The van der Waals surface area contributed by atoms with E-state index < -0.39 is 0 Å². The molecule has 5 heteroatoms. The summed E-state index contributed by atoms with van der Waals surface area (Å²) in [6.07, 6.45) is 0. The Labute approximate surface area is 378 Å². The van der Waals surface area contributed by atoms with E-state index in [1.54, 1.807) is 0 Å². The van der Waals surface area contributed by atoms with Crippen LogP contribution in [0, 0.1) is 0 Å². The first kappa shape index (κ1) is 38.3. The second-order valence-corrected chi connectivity index (χ2v) is 17.2. The summed E-state index contributed by atoms with van der Waals surface area (Å²) in [4.78, 5) is 17.7. The van der Waals surface area contributed by atoms with Gasteiger partial charge in [0.1, 0.15) is 11.2 Å². The van der Waals surface area contributed by atoms with E-state index in [0.29, 0.717) is 17.5 Å². The Morgan fingerprint density at radius 1 is 0.354 bits per heavy atom. The van der Waals surface area contributed by atoms with Crippen molar-refractivity contribution in [1.29, 1.82) is 0 Å². The topological polar surface area (TPSA) is 55.1 Å². The second-order valence-electron chi connectivity index (χ2n) is 17.2. The van der Waals surface area contributed by atoms with Crippen LogP contribution in [-0.4, -0.2) is 15.0 Å². The fourth-order valence-electron chi connectivity index (χ4n) is 9.66. The normalized spacial score (nSPS) is 12.6. The fraction of sp³-hybridized carbons (Fsp3) is 0.0500. The predicted molar refractivity (Wildman–Crippen MR) is 267 cm³/mol. The summed E-state index contributed by atoms with van der Waals surface area (Å²) in [5.74, 6) is 1.80. The second kappa shape index (κ2) is 15.4. The van der Waals surface area contributed by atoms with Gasteiger partial charge < -0.3 is 9.32 Å². The molecule has 9 aromatic carbocycles. The third-order valence-electron chi connectivity index (χ3n) is 12.9. The molecule has 0 saturated carbocycles. The van der Waals surface area contributed by atoms with Gasteiger partial charge in [0.15, 0.2) is 17.5 Å². The minimum absolute atomic E-state index is 0.153. The number of rotatable bonds is 8. The SMILES string of the molecule is CC1(C)c2ccccc2-c2ccc(N(c3cccc(-c4ccccc4)c3)c3ccc4c(c3)oc3cccc(-c5nc(-c6ccccc6)nc(-c6ccc(-c7ccccc7)cc6)n5)c34)cc21. The molecule has 0 unspecified atom stereocenters. The van der Waals surface area contributed by atoms with E-state index in [-0.39, 0.29) is 5.41 Å². The van der Waals surface area contributed by atoms with E-state index in [2.05, 4.69) is 189 Å². The molecule has 11 aromatic rings. The summed E-state index contributed by atoms with van der Waals surface area (Å²) in [6, 6.07) is 76.7. The standard InChI is InChI=1S/C60H42N4O/c1-60(2)52-26-13-12-24-48(52)49-34-32-46(37-53(49)60)64(45-23-14-22-44(36-45)40-18-8-4-9-19-40)47-33-35-50-55(38-47)65-54-27-15-25-51(56(50)54)59-62-57(42-20-10-5-11-21-42)61-58(63-59)43-30-28-41(29-31-43)39-16-6-3-7-17-39/h3-38H,1-2H3. The summed E-state index contributed by atoms with van der Waals surface area (Å²) in [6.45, 7) is 4.67. The van der Waals surface area contributed by atoms with E-state index >= 15 is 0 Å². The quantitative estimate of drug-likeness (QED) is 0.153. The Bertz CT molecular complexity index is 3560. The van der Waals surface area contributed by atoms with Gasteiger partial charge in [-0.1, -0.05) is 184 Å². The predicted octanol–water partition coefficient (Wildman–Crippen LogP) is 15.9. The molecule has 0 aliphatic heterocycles. The Morgan fingerprint density at radius 2 is 0.862 bits per heavy atom. The number of nitrogens with zero attached hydrogens (tertiary/aromatic N) is 4. The number of hydrogen-bond donors (Lipinski definition) is 0. The van der Waals surface area contributed by atoms with E-state index in [1.165, 1.54) is 27.8 Å². The zero-order valence-corrected chi connectivity index (χ0v) is 36.0. The van der Waals surface area contributed by atoms with Crippen molar-refractivity contribution >= 4 is 39.0 Å². The molecule has 0 spiro atoms. The van der Waals surface area contributed by atoms with Crippen molar-refractivity contribution in [3.8, 4) is 67.5 Å². The number of fused-ring (bicyclic) bond motifs is 6. The highest BCUT2D eigenvalue weighted by Crippen LogP contribution is 2.51. The van der Waals surface area contributed by atoms with Crippen LogP contribution in [0.15, 0.2) is 223 Å². The van der Waals surface area contributed by atoms with Gasteiger partial charge in [-0.25, -0.2) is 15.0 Å². The van der Waals surface area contributed by atoms with Crippen LogP contribution in [0.25, 0.3) is 89.5 Å². The van der Waals surface area contributed by atoms with Crippen molar-refractivity contribution in [2.24, 2.45) is 0 Å². The van der Waals surface area contributed by atoms with Crippen LogP contribution in [0.4, 0.5) is 17.1 Å². The first-order chi connectivity index (χ1) is 32.0. The number of benzene rings is 9. The average Bonchev–Trinajstić information content (AvgIpc) is 3.86. The van der Waals surface area contributed by atoms with Crippen molar-refractivity contribution in [3.63, 3.8) is 0 Å². The minimum atomic E-state index is -0.153. The smallest absolute Gasteiger partial charge is 0.164 e. The fourth-order valence-corrected chi connectivity index (χ4v) is 9.66. The van der Waals surface area contributed by atoms with E-state index in [4.69, 9.17) is 19.4 Å². The Hall–Kier alpha value is -8.41. The molecule has 0 saturated heterocycles. The van der Waals surface area contributed by atoms with E-state index in [0.717, 1.165) is 72.4 Å². The van der Waals surface area contributed by atoms with Gasteiger partial charge in [0.25, 0.3) is 0 Å². The average molecular weight is 835 g/mol. The van der Waals surface area contributed by atoms with Crippen molar-refractivity contribution in [2.75, 3.05) is 4.90 Å². The lowest BCUT2D eigenvalue weighted by molar-refractivity contribution is 0.660. The summed E-state index contributed by atoms with van der Waals surface area (Å²) in [7, 11) is 0. The number of furan rings is 1. The molecular formula is C60H42N4O. The molecule has 0 radical (unpaired) electrons. The monoisotopic (exact) mass is 834 g/mol. The van der Waals surface area contributed by atoms with Gasteiger partial charge in [0, 0.05) is 56.0 Å². The molecule has 5 nitrogen and oxygen atoms in total. The van der Waals surface area contributed by atoms with E-state index in [1.807, 2.05) is 48.5 Å². The largest absolute Gasteiger partial charge is 0.456 e. The molecule has 2 aromatic heterocycles. The van der Waals surface area contributed by atoms with Crippen LogP contribution in [0.2, 0.25) is 0 Å². The van der Waals surface area contributed by atoms with Gasteiger partial charge in [-0.2, -0.15) is 0 Å². The van der Waals surface area contributed by atoms with Crippen LogP contribution >= 0.6 is 0 Å². The number of anilines is 3. The van der Waals surface area contributed by atoms with Gasteiger partial charge in [-0.05, 0) is 87.0 Å². The van der Waals surface area contributed by atoms with Gasteiger partial charge >= 0.3 is 0 Å². The molecule has 0 atom stereocenters. The van der Waals surface area contributed by atoms with Crippen molar-refractivity contribution in [3.05, 3.63) is 230 Å². The number of hydrogen-bond acceptors (Lipinski definition) is 5. The van der Waals surface area contributed by atoms with Gasteiger partial charge in [-0.3, -0.25) is 0 Å². The molecule has 0 N–H and O–H groups in total. The maximum Gasteiger partial charge on any atom is 0.164 e. The Kier molecular flexibility index (Phi) is 9.09. The molecule has 1 aliphatic carbocycles. The molecule has 1 aliphatic rings. The highest BCUT2D eigenvalue weighted by molar-refractivity contribution is 6.12. The molecule has 308 valence electrons. The highest BCUT2D eigenvalue weighted by Gasteiger charge is 2.36. The molecule has 12 rings (SSSR count). The summed E-state index contributed by atoms with van der Waals surface area (Å²) < 4.78 is 6.81. The Morgan fingerprint density at radius 3 is 1.60 bits per heavy atom. The van der Waals surface area contributed by atoms with Crippen LogP contribution in [-0.2, 0) is 5.41 Å². The van der Waals surface area contributed by atoms with Crippen LogP contribution < -0.4 is 4.90 Å². The lowest BCUT2D eigenvalue weighted by Gasteiger charge is -2.28. The van der Waals surface area contributed by atoms with Gasteiger partial charge in [0.05, 0.1) is 0 Å². The first-order valence-electron chi connectivity index (χ1n) is 22.1. The molecule has 0 amide bonds. The third-order valence-corrected chi connectivity index (χ3v) is 12.9. The minimum Gasteiger partial charge on any atom is -0.456 e. The highest BCUT2D eigenvalue weighted by atomic mass is 16.3. The Balaban J connectivity index is 1.00. The maximum absolute atomic E-state index is 6.81.